The maximum atomic E-state index is 3.48. The summed E-state index contributed by atoms with van der Waals surface area (Å²) < 4.78 is 0. The first-order chi connectivity index (χ1) is 6.45. The van der Waals surface area contributed by atoms with Crippen molar-refractivity contribution in [2.45, 2.75) is 13.0 Å². The van der Waals surface area contributed by atoms with Crippen LogP contribution in [-0.2, 0) is 13.0 Å². The number of nitrogens with two attached hydrogens (primary N) is 1. The van der Waals surface area contributed by atoms with E-state index >= 15 is 0 Å². The molecule has 66 valence electrons. The molecule has 0 amide bonds. The summed E-state index contributed by atoms with van der Waals surface area (Å²) in [7, 11) is 0. The van der Waals surface area contributed by atoms with Gasteiger partial charge in [-0.2, -0.15) is 0 Å². The van der Waals surface area contributed by atoms with Crippen molar-refractivity contribution in [1.29, 1.82) is 0 Å². The van der Waals surface area contributed by atoms with Crippen molar-refractivity contribution in [2.75, 3.05) is 6.54 Å². The van der Waals surface area contributed by atoms with Gasteiger partial charge in [-0.3, -0.25) is 0 Å². The number of quaternary nitrogens is 1. The number of nitrogens with one attached hydrogen (secondary N) is 1. The highest BCUT2D eigenvalue weighted by molar-refractivity contribution is 5.84. The van der Waals surface area contributed by atoms with E-state index in [9.17, 15) is 0 Å². The van der Waals surface area contributed by atoms with E-state index < -0.39 is 0 Å². The molecular weight excluding hydrogens is 160 g/mol. The number of rotatable bonds is 0. The minimum atomic E-state index is 1.12. The lowest BCUT2D eigenvalue weighted by molar-refractivity contribution is -0.673. The summed E-state index contributed by atoms with van der Waals surface area (Å²) in [6.07, 6.45) is 1.21. The molecule has 1 aromatic carbocycles. The number of benzene rings is 1. The average molecular weight is 173 g/mol. The summed E-state index contributed by atoms with van der Waals surface area (Å²) in [5, 5.41) is 3.78. The number of fused-ring (bicyclic) bond motifs is 3. The van der Waals surface area contributed by atoms with Gasteiger partial charge in [0.1, 0.15) is 6.54 Å². The van der Waals surface area contributed by atoms with Crippen LogP contribution in [0, 0.1) is 0 Å². The van der Waals surface area contributed by atoms with Crippen LogP contribution in [-0.4, -0.2) is 11.5 Å². The Balaban J connectivity index is 2.34. The summed E-state index contributed by atoms with van der Waals surface area (Å²) in [5.41, 5.74) is 4.26. The summed E-state index contributed by atoms with van der Waals surface area (Å²) in [5.74, 6) is 0. The first-order valence-corrected chi connectivity index (χ1v) is 4.85. The normalized spacial score (nSPS) is 16.0. The van der Waals surface area contributed by atoms with E-state index in [0.29, 0.717) is 0 Å². The van der Waals surface area contributed by atoms with Gasteiger partial charge in [0, 0.05) is 17.3 Å². The quantitative estimate of drug-likeness (QED) is 0.590. The first kappa shape index (κ1) is 7.15. The second-order valence-corrected chi connectivity index (χ2v) is 3.66. The minimum Gasteiger partial charge on any atom is -0.354 e. The number of para-hydroxylation sites is 1. The van der Waals surface area contributed by atoms with Crippen molar-refractivity contribution in [3.63, 3.8) is 0 Å². The van der Waals surface area contributed by atoms with E-state index in [1.54, 1.807) is 0 Å². The molecule has 0 radical (unpaired) electrons. The van der Waals surface area contributed by atoms with Gasteiger partial charge in [0.2, 0.25) is 0 Å². The Morgan fingerprint density at radius 1 is 1.23 bits per heavy atom. The topological polar surface area (TPSA) is 32.4 Å². The Kier molecular flexibility index (Phi) is 1.43. The molecule has 2 nitrogen and oxygen atoms in total. The Bertz CT molecular complexity index is 442. The fourth-order valence-corrected chi connectivity index (χ4v) is 2.21. The van der Waals surface area contributed by atoms with Crippen molar-refractivity contribution in [3.05, 3.63) is 35.5 Å². The maximum absolute atomic E-state index is 3.48. The van der Waals surface area contributed by atoms with E-state index in [1.807, 2.05) is 0 Å². The molecule has 0 saturated heterocycles. The molecule has 0 saturated carbocycles. The standard InChI is InChI=1S/C11H12N2/c1-2-4-10-8(3-1)9-5-6-12-7-11(9)13-10/h1-4,12-13H,5-7H2/p+1. The highest BCUT2D eigenvalue weighted by Crippen LogP contribution is 2.22. The van der Waals surface area contributed by atoms with Crippen LogP contribution in [0.3, 0.4) is 0 Å². The zero-order valence-electron chi connectivity index (χ0n) is 7.51. The van der Waals surface area contributed by atoms with Crippen molar-refractivity contribution >= 4 is 10.9 Å². The van der Waals surface area contributed by atoms with Gasteiger partial charge < -0.3 is 10.3 Å². The van der Waals surface area contributed by atoms with Crippen LogP contribution < -0.4 is 5.32 Å². The first-order valence-electron chi connectivity index (χ1n) is 4.85. The summed E-state index contributed by atoms with van der Waals surface area (Å²) in [6, 6.07) is 8.59. The van der Waals surface area contributed by atoms with Crippen LogP contribution in [0.25, 0.3) is 10.9 Å². The molecule has 1 aliphatic heterocycles. The highest BCUT2D eigenvalue weighted by Gasteiger charge is 2.15. The third kappa shape index (κ3) is 0.988. The van der Waals surface area contributed by atoms with E-state index in [2.05, 4.69) is 34.6 Å². The van der Waals surface area contributed by atoms with Gasteiger partial charge in [-0.1, -0.05) is 18.2 Å². The Labute approximate surface area is 77.0 Å². The van der Waals surface area contributed by atoms with E-state index in [0.717, 1.165) is 6.54 Å². The average Bonchev–Trinajstić information content (AvgIpc) is 2.56. The Hall–Kier alpha value is -1.28. The molecule has 0 unspecified atom stereocenters. The largest absolute Gasteiger partial charge is 0.354 e. The molecule has 0 atom stereocenters. The van der Waals surface area contributed by atoms with Crippen molar-refractivity contribution in [1.82, 2.24) is 4.98 Å². The highest BCUT2D eigenvalue weighted by atomic mass is 14.9. The van der Waals surface area contributed by atoms with Gasteiger partial charge in [0.15, 0.2) is 0 Å². The third-order valence-electron chi connectivity index (χ3n) is 2.85. The van der Waals surface area contributed by atoms with E-state index in [-0.39, 0.29) is 0 Å². The number of hydrogen-bond acceptors (Lipinski definition) is 0. The fraction of sp³-hybridized carbons (Fsp3) is 0.273. The molecule has 0 fully saturated rings. The summed E-state index contributed by atoms with van der Waals surface area (Å²) in [6.45, 7) is 2.35. The van der Waals surface area contributed by atoms with Gasteiger partial charge in [0.05, 0.1) is 12.2 Å². The van der Waals surface area contributed by atoms with Crippen LogP contribution >= 0.6 is 0 Å². The molecule has 0 bridgehead atoms. The lowest BCUT2D eigenvalue weighted by atomic mass is 10.1. The SMILES string of the molecule is c1ccc2c3c([nH]c2c1)C[NH2+]CC3. The Morgan fingerprint density at radius 2 is 2.15 bits per heavy atom. The third-order valence-corrected chi connectivity index (χ3v) is 2.85. The molecule has 13 heavy (non-hydrogen) atoms. The van der Waals surface area contributed by atoms with E-state index in [4.69, 9.17) is 0 Å². The second kappa shape index (κ2) is 2.60. The molecule has 0 aliphatic carbocycles. The number of H-pyrrole nitrogens is 1. The van der Waals surface area contributed by atoms with Gasteiger partial charge in [0.25, 0.3) is 0 Å². The molecule has 2 aromatic rings. The summed E-state index contributed by atoms with van der Waals surface area (Å²) >= 11 is 0. The second-order valence-electron chi connectivity index (χ2n) is 3.66. The van der Waals surface area contributed by atoms with Crippen molar-refractivity contribution in [2.24, 2.45) is 0 Å². The lowest BCUT2D eigenvalue weighted by Gasteiger charge is -2.09. The van der Waals surface area contributed by atoms with Crippen molar-refractivity contribution < 1.29 is 5.32 Å². The lowest BCUT2D eigenvalue weighted by Crippen LogP contribution is -2.84. The monoisotopic (exact) mass is 173 g/mol. The zero-order valence-corrected chi connectivity index (χ0v) is 7.51. The molecule has 2 heteroatoms. The predicted octanol–water partition coefficient (Wildman–Crippen LogP) is 0.787. The maximum Gasteiger partial charge on any atom is 0.117 e. The van der Waals surface area contributed by atoms with Crippen molar-refractivity contribution in [3.8, 4) is 0 Å². The molecule has 1 aliphatic rings. The van der Waals surface area contributed by atoms with Crippen LogP contribution in [0.2, 0.25) is 0 Å². The van der Waals surface area contributed by atoms with Gasteiger partial charge >= 0.3 is 0 Å². The minimum absolute atomic E-state index is 1.12. The molecule has 1 aromatic heterocycles. The van der Waals surface area contributed by atoms with Gasteiger partial charge in [-0.15, -0.1) is 0 Å². The van der Waals surface area contributed by atoms with Gasteiger partial charge in [-0.05, 0) is 11.6 Å². The molecule has 3 N–H and O–H groups in total. The molecule has 3 rings (SSSR count). The summed E-state index contributed by atoms with van der Waals surface area (Å²) in [4.78, 5) is 3.48. The Morgan fingerprint density at radius 3 is 3.15 bits per heavy atom. The number of hydrogen-bond donors (Lipinski definition) is 2. The number of aromatic nitrogens is 1. The molecule has 2 heterocycles. The van der Waals surface area contributed by atoms with E-state index in [1.165, 1.54) is 35.1 Å². The molecular formula is C11H13N2+. The number of aromatic amines is 1. The van der Waals surface area contributed by atoms with Gasteiger partial charge in [-0.25, -0.2) is 0 Å². The van der Waals surface area contributed by atoms with Crippen LogP contribution in [0.4, 0.5) is 0 Å². The smallest absolute Gasteiger partial charge is 0.117 e. The zero-order chi connectivity index (χ0) is 8.67. The van der Waals surface area contributed by atoms with Crippen LogP contribution in [0.15, 0.2) is 24.3 Å². The van der Waals surface area contributed by atoms with Crippen LogP contribution in [0.1, 0.15) is 11.3 Å². The molecule has 0 spiro atoms. The fourth-order valence-electron chi connectivity index (χ4n) is 2.21. The predicted molar refractivity (Wildman–Crippen MR) is 52.5 cm³/mol. The van der Waals surface area contributed by atoms with Crippen LogP contribution in [0.5, 0.6) is 0 Å².